The van der Waals surface area contributed by atoms with Crippen LogP contribution in [-0.4, -0.2) is 60.9 Å². The van der Waals surface area contributed by atoms with Crippen LogP contribution in [0.2, 0.25) is 0 Å². The zero-order chi connectivity index (χ0) is 31.2. The molecule has 1 spiro atoms. The molecule has 0 radical (unpaired) electrons. The molecule has 44 heavy (non-hydrogen) atoms. The Labute approximate surface area is 256 Å². The first-order valence-electron chi connectivity index (χ1n) is 15.0. The Morgan fingerprint density at radius 3 is 2.57 bits per heavy atom. The van der Waals surface area contributed by atoms with E-state index in [0.29, 0.717) is 22.9 Å². The van der Waals surface area contributed by atoms with Crippen LogP contribution in [0.1, 0.15) is 85.0 Å². The van der Waals surface area contributed by atoms with Crippen molar-refractivity contribution < 1.29 is 23.1 Å². The molecule has 2 fully saturated rings. The number of aryl methyl sites for hydroxylation is 3. The average molecular weight is 617 g/mol. The first kappa shape index (κ1) is 28.8. The van der Waals surface area contributed by atoms with Gasteiger partial charge in [-0.2, -0.15) is 4.31 Å². The van der Waals surface area contributed by atoms with Crippen molar-refractivity contribution in [1.29, 1.82) is 0 Å². The maximum atomic E-state index is 14.0. The van der Waals surface area contributed by atoms with Gasteiger partial charge in [-0.15, -0.1) is 5.10 Å². The largest absolute Gasteiger partial charge is 0.481 e. The molecule has 230 valence electrons. The number of carboxylic acid groups (broad SMARTS) is 1. The molecule has 12 heteroatoms. The van der Waals surface area contributed by atoms with Crippen LogP contribution >= 0.6 is 0 Å². The summed E-state index contributed by atoms with van der Waals surface area (Å²) < 4.78 is 37.6. The van der Waals surface area contributed by atoms with Gasteiger partial charge in [0.1, 0.15) is 16.0 Å². The highest BCUT2D eigenvalue weighted by Crippen LogP contribution is 2.47. The maximum Gasteiger partial charge on any atom is 0.310 e. The molecule has 4 aromatic rings. The molecule has 7 rings (SSSR count). The van der Waals surface area contributed by atoms with E-state index in [2.05, 4.69) is 20.3 Å². The van der Waals surface area contributed by atoms with Crippen LogP contribution in [0.3, 0.4) is 0 Å². The minimum Gasteiger partial charge on any atom is -0.481 e. The van der Waals surface area contributed by atoms with Crippen LogP contribution in [0.15, 0.2) is 41.6 Å². The lowest BCUT2D eigenvalue weighted by Crippen LogP contribution is -2.38. The van der Waals surface area contributed by atoms with Crippen molar-refractivity contribution >= 4 is 27.0 Å². The molecule has 2 aliphatic carbocycles. The zero-order valence-corrected chi connectivity index (χ0v) is 26.3. The van der Waals surface area contributed by atoms with Gasteiger partial charge in [0.05, 0.1) is 23.5 Å². The molecule has 1 aliphatic heterocycles. The molecule has 2 saturated carbocycles. The van der Waals surface area contributed by atoms with Crippen LogP contribution in [-0.2, 0) is 21.4 Å². The number of aliphatic carboxylic acids is 1. The summed E-state index contributed by atoms with van der Waals surface area (Å²) >= 11 is 0. The molecule has 1 N–H and O–H groups in total. The van der Waals surface area contributed by atoms with Crippen molar-refractivity contribution in [2.24, 2.45) is 5.41 Å². The predicted octanol–water partition coefficient (Wildman–Crippen LogP) is 4.84. The summed E-state index contributed by atoms with van der Waals surface area (Å²) in [5.74, 6) is -1.39. The molecule has 3 aromatic heterocycles. The molecular formula is C32H36N6O5S. The molecule has 1 atom stereocenters. The first-order valence-corrected chi connectivity index (χ1v) is 16.4. The van der Waals surface area contributed by atoms with Gasteiger partial charge in [0, 0.05) is 30.6 Å². The lowest BCUT2D eigenvalue weighted by molar-refractivity contribution is -0.147. The number of benzene rings is 1. The van der Waals surface area contributed by atoms with E-state index in [1.54, 1.807) is 39.2 Å². The SMILES string of the molecule is Cc1cnc2c(c1)S(=O)(=O)N(Cc1cc([C@@H](c3ccc4c(nnn4C4CC4)c3C)C(C)(C)C(=O)O)cnc1C)CC1(CC1)O2. The van der Waals surface area contributed by atoms with Crippen LogP contribution in [0.5, 0.6) is 5.88 Å². The van der Waals surface area contributed by atoms with Crippen molar-refractivity contribution in [2.75, 3.05) is 6.54 Å². The highest BCUT2D eigenvalue weighted by molar-refractivity contribution is 7.89. The van der Waals surface area contributed by atoms with E-state index in [1.165, 1.54) is 4.31 Å². The summed E-state index contributed by atoms with van der Waals surface area (Å²) in [7, 11) is -3.94. The molecule has 4 heterocycles. The quantitative estimate of drug-likeness (QED) is 0.309. The topological polar surface area (TPSA) is 140 Å². The first-order chi connectivity index (χ1) is 20.8. The highest BCUT2D eigenvalue weighted by atomic mass is 32.2. The van der Waals surface area contributed by atoms with E-state index in [9.17, 15) is 18.3 Å². The summed E-state index contributed by atoms with van der Waals surface area (Å²) in [4.78, 5) is 21.8. The molecule has 11 nitrogen and oxygen atoms in total. The molecule has 1 aromatic carbocycles. The van der Waals surface area contributed by atoms with Gasteiger partial charge in [0.25, 0.3) is 0 Å². The number of hydrogen-bond acceptors (Lipinski definition) is 8. The Balaban J connectivity index is 1.32. The Bertz CT molecular complexity index is 1940. The number of ether oxygens (including phenoxy) is 1. The monoisotopic (exact) mass is 616 g/mol. The van der Waals surface area contributed by atoms with Gasteiger partial charge in [-0.1, -0.05) is 17.3 Å². The zero-order valence-electron chi connectivity index (χ0n) is 25.5. The van der Waals surface area contributed by atoms with Gasteiger partial charge in [-0.05, 0) is 100 Å². The van der Waals surface area contributed by atoms with Gasteiger partial charge in [-0.25, -0.2) is 18.1 Å². The fraction of sp³-hybridized carbons (Fsp3) is 0.469. The molecule has 0 unspecified atom stereocenters. The third-order valence-corrected chi connectivity index (χ3v) is 11.3. The van der Waals surface area contributed by atoms with Crippen molar-refractivity contribution in [3.05, 3.63) is 70.2 Å². The second-order valence-electron chi connectivity index (χ2n) is 13.3. The normalized spacial score (nSPS) is 19.8. The van der Waals surface area contributed by atoms with Gasteiger partial charge < -0.3 is 9.84 Å². The van der Waals surface area contributed by atoms with E-state index in [-0.39, 0.29) is 23.9 Å². The molecule has 0 bridgehead atoms. The third-order valence-electron chi connectivity index (χ3n) is 9.47. The smallest absolute Gasteiger partial charge is 0.310 e. The summed E-state index contributed by atoms with van der Waals surface area (Å²) in [5, 5.41) is 19.3. The van der Waals surface area contributed by atoms with E-state index in [0.717, 1.165) is 53.4 Å². The average Bonchev–Trinajstić information content (AvgIpc) is 3.91. The van der Waals surface area contributed by atoms with Gasteiger partial charge >= 0.3 is 5.97 Å². The second kappa shape index (κ2) is 9.80. The van der Waals surface area contributed by atoms with E-state index in [1.807, 2.05) is 36.7 Å². The fourth-order valence-electron chi connectivity index (χ4n) is 6.38. The van der Waals surface area contributed by atoms with Gasteiger partial charge in [-0.3, -0.25) is 9.78 Å². The standard InChI is InChI=1S/C32H36N6O5S/c1-18-12-26-29(34-14-18)43-32(10-11-32)17-37(44(26,41)42)16-22-13-21(15-33-20(22)3)27(31(4,5)30(39)40)24-8-9-25-28(19(24)2)35-36-38(25)23-6-7-23/h8-9,12-15,23,27H,6-7,10-11,16-17H2,1-5H3,(H,39,40)/t27-/m0/s1. The van der Waals surface area contributed by atoms with Crippen LogP contribution < -0.4 is 4.74 Å². The number of fused-ring (bicyclic) bond motifs is 2. The number of hydrogen-bond donors (Lipinski definition) is 1. The molecule has 0 amide bonds. The number of carbonyl (C=O) groups is 1. The van der Waals surface area contributed by atoms with Crippen LogP contribution in [0.25, 0.3) is 11.0 Å². The number of sulfonamides is 1. The summed E-state index contributed by atoms with van der Waals surface area (Å²) in [5.41, 5.74) is 4.38. The highest BCUT2D eigenvalue weighted by Gasteiger charge is 2.52. The summed E-state index contributed by atoms with van der Waals surface area (Å²) in [6.07, 6.45) is 6.97. The Morgan fingerprint density at radius 2 is 1.89 bits per heavy atom. The minimum atomic E-state index is -3.94. The molecule has 0 saturated heterocycles. The van der Waals surface area contributed by atoms with E-state index >= 15 is 0 Å². The molecule has 3 aliphatic rings. The van der Waals surface area contributed by atoms with E-state index in [4.69, 9.17) is 4.74 Å². The Morgan fingerprint density at radius 1 is 1.14 bits per heavy atom. The maximum absolute atomic E-state index is 14.0. The van der Waals surface area contributed by atoms with Crippen LogP contribution in [0, 0.1) is 26.2 Å². The van der Waals surface area contributed by atoms with Crippen molar-refractivity contribution in [1.82, 2.24) is 29.3 Å². The lowest BCUT2D eigenvalue weighted by Gasteiger charge is -2.33. The Kier molecular flexibility index (Phi) is 6.43. The molecular weight excluding hydrogens is 580 g/mol. The van der Waals surface area contributed by atoms with Crippen molar-refractivity contribution in [3.63, 3.8) is 0 Å². The number of rotatable bonds is 7. The lowest BCUT2D eigenvalue weighted by atomic mass is 9.70. The summed E-state index contributed by atoms with van der Waals surface area (Å²) in [6, 6.07) is 7.85. The number of nitrogens with zero attached hydrogens (tertiary/aromatic N) is 6. The van der Waals surface area contributed by atoms with E-state index < -0.39 is 32.9 Å². The Hall–Kier alpha value is -3.90. The fourth-order valence-corrected chi connectivity index (χ4v) is 8.03. The number of aromatic nitrogens is 5. The summed E-state index contributed by atoms with van der Waals surface area (Å²) in [6.45, 7) is 9.31. The number of carboxylic acids is 1. The predicted molar refractivity (Wildman–Crippen MR) is 162 cm³/mol. The van der Waals surface area contributed by atoms with Crippen molar-refractivity contribution in [2.45, 2.75) is 89.3 Å². The second-order valence-corrected chi connectivity index (χ2v) is 15.2. The van der Waals surface area contributed by atoms with Crippen molar-refractivity contribution in [3.8, 4) is 5.88 Å². The third kappa shape index (κ3) is 4.66. The van der Waals surface area contributed by atoms with Gasteiger partial charge in [0.2, 0.25) is 15.9 Å². The minimum absolute atomic E-state index is 0.0658. The van der Waals surface area contributed by atoms with Crippen LogP contribution in [0.4, 0.5) is 0 Å². The van der Waals surface area contributed by atoms with Gasteiger partial charge in [0.15, 0.2) is 0 Å². The number of pyridine rings is 2.